The van der Waals surface area contributed by atoms with Crippen molar-refractivity contribution in [3.05, 3.63) is 65.5 Å². The van der Waals surface area contributed by atoms with Crippen LogP contribution >= 0.6 is 0 Å². The molecule has 29 heavy (non-hydrogen) atoms. The monoisotopic (exact) mass is 420 g/mol. The van der Waals surface area contributed by atoms with Crippen LogP contribution in [0, 0.1) is 12.7 Å². The quantitative estimate of drug-likeness (QED) is 0.689. The van der Waals surface area contributed by atoms with Gasteiger partial charge in [-0.2, -0.15) is 4.31 Å². The predicted molar refractivity (Wildman–Crippen MR) is 103 cm³/mol. The fraction of sp³-hybridized carbons (Fsp3) is 0.300. The number of ether oxygens (including phenoxy) is 1. The van der Waals surface area contributed by atoms with E-state index in [1.807, 2.05) is 13.0 Å². The van der Waals surface area contributed by atoms with Crippen molar-refractivity contribution >= 4 is 21.9 Å². The summed E-state index contributed by atoms with van der Waals surface area (Å²) < 4.78 is 45.3. The van der Waals surface area contributed by atoms with E-state index >= 15 is 0 Å². The summed E-state index contributed by atoms with van der Waals surface area (Å²) in [4.78, 5) is 25.4. The topological polar surface area (TPSA) is 84.0 Å². The molecule has 1 amide bonds. The largest absolute Gasteiger partial charge is 0.452 e. The minimum atomic E-state index is -3.97. The Morgan fingerprint density at radius 1 is 1.03 bits per heavy atom. The van der Waals surface area contributed by atoms with E-state index in [9.17, 15) is 22.4 Å². The number of halogens is 1. The first kappa shape index (κ1) is 20.9. The van der Waals surface area contributed by atoms with Gasteiger partial charge in [-0.25, -0.2) is 17.6 Å². The zero-order chi connectivity index (χ0) is 21.0. The van der Waals surface area contributed by atoms with Gasteiger partial charge in [-0.15, -0.1) is 0 Å². The lowest BCUT2D eigenvalue weighted by atomic mass is 10.1. The highest BCUT2D eigenvalue weighted by Crippen LogP contribution is 2.20. The van der Waals surface area contributed by atoms with Crippen LogP contribution in [-0.2, 0) is 19.6 Å². The highest BCUT2D eigenvalue weighted by molar-refractivity contribution is 7.89. The molecule has 7 nitrogen and oxygen atoms in total. The first-order valence-electron chi connectivity index (χ1n) is 9.05. The molecule has 1 fully saturated rings. The Hall–Kier alpha value is -2.78. The van der Waals surface area contributed by atoms with Gasteiger partial charge in [0.05, 0.1) is 5.56 Å². The number of sulfonamides is 1. The lowest BCUT2D eigenvalue weighted by Gasteiger charge is -2.33. The molecule has 0 bridgehead atoms. The summed E-state index contributed by atoms with van der Waals surface area (Å²) in [5.74, 6) is -1.81. The summed E-state index contributed by atoms with van der Waals surface area (Å²) in [6, 6.07) is 12.0. The molecular weight excluding hydrogens is 399 g/mol. The minimum Gasteiger partial charge on any atom is -0.452 e. The standard InChI is InChI=1S/C20H21FN2O5S/c1-15-5-4-6-16(13-15)20(25)28-14-19(24)22-9-11-23(12-10-22)29(26,27)18-8-3-2-7-17(18)21/h2-8,13H,9-12,14H2,1H3. The second-order valence-corrected chi connectivity index (χ2v) is 8.57. The molecular formula is C20H21FN2O5S. The van der Waals surface area contributed by atoms with Crippen LogP contribution in [0.2, 0.25) is 0 Å². The van der Waals surface area contributed by atoms with Crippen molar-refractivity contribution in [3.63, 3.8) is 0 Å². The van der Waals surface area contributed by atoms with Crippen LogP contribution in [0.15, 0.2) is 53.4 Å². The van der Waals surface area contributed by atoms with Gasteiger partial charge < -0.3 is 9.64 Å². The van der Waals surface area contributed by atoms with E-state index in [1.165, 1.54) is 23.1 Å². The Morgan fingerprint density at radius 3 is 2.38 bits per heavy atom. The van der Waals surface area contributed by atoms with Gasteiger partial charge in [-0.05, 0) is 31.2 Å². The van der Waals surface area contributed by atoms with Crippen LogP contribution in [0.4, 0.5) is 4.39 Å². The van der Waals surface area contributed by atoms with Crippen LogP contribution in [0.5, 0.6) is 0 Å². The number of nitrogens with zero attached hydrogens (tertiary/aromatic N) is 2. The van der Waals surface area contributed by atoms with E-state index in [1.54, 1.807) is 18.2 Å². The molecule has 0 spiro atoms. The number of aryl methyl sites for hydroxylation is 1. The number of esters is 1. The Bertz CT molecular complexity index is 1020. The van der Waals surface area contributed by atoms with E-state index in [4.69, 9.17) is 4.74 Å². The molecule has 0 radical (unpaired) electrons. The van der Waals surface area contributed by atoms with Crippen LogP contribution in [-0.4, -0.2) is 62.3 Å². The number of rotatable bonds is 5. The molecule has 1 aliphatic rings. The normalized spacial score (nSPS) is 15.2. The highest BCUT2D eigenvalue weighted by atomic mass is 32.2. The van der Waals surface area contributed by atoms with Gasteiger partial charge in [-0.1, -0.05) is 29.8 Å². The zero-order valence-corrected chi connectivity index (χ0v) is 16.7. The van der Waals surface area contributed by atoms with Gasteiger partial charge in [0, 0.05) is 26.2 Å². The van der Waals surface area contributed by atoms with Gasteiger partial charge in [0.2, 0.25) is 10.0 Å². The molecule has 3 rings (SSSR count). The van der Waals surface area contributed by atoms with Gasteiger partial charge in [0.25, 0.3) is 5.91 Å². The molecule has 154 valence electrons. The van der Waals surface area contributed by atoms with E-state index < -0.39 is 34.3 Å². The summed E-state index contributed by atoms with van der Waals surface area (Å²) in [6.45, 7) is 1.76. The SMILES string of the molecule is Cc1cccc(C(=O)OCC(=O)N2CCN(S(=O)(=O)c3ccccc3F)CC2)c1. The Labute approximate surface area is 168 Å². The van der Waals surface area contributed by atoms with E-state index in [0.717, 1.165) is 15.9 Å². The van der Waals surface area contributed by atoms with Crippen molar-refractivity contribution in [2.45, 2.75) is 11.8 Å². The van der Waals surface area contributed by atoms with Crippen molar-refractivity contribution in [1.29, 1.82) is 0 Å². The molecule has 0 aromatic heterocycles. The highest BCUT2D eigenvalue weighted by Gasteiger charge is 2.32. The van der Waals surface area contributed by atoms with Crippen LogP contribution in [0.25, 0.3) is 0 Å². The third-order valence-corrected chi connectivity index (χ3v) is 6.56. The number of benzene rings is 2. The van der Waals surface area contributed by atoms with Gasteiger partial charge in [0.15, 0.2) is 6.61 Å². The van der Waals surface area contributed by atoms with Crippen LogP contribution < -0.4 is 0 Å². The second-order valence-electron chi connectivity index (χ2n) is 6.66. The Kier molecular flexibility index (Phi) is 6.29. The van der Waals surface area contributed by atoms with Gasteiger partial charge in [-0.3, -0.25) is 4.79 Å². The number of amides is 1. The zero-order valence-electron chi connectivity index (χ0n) is 15.9. The average molecular weight is 420 g/mol. The van der Waals surface area contributed by atoms with Crippen LogP contribution in [0.3, 0.4) is 0 Å². The molecule has 1 heterocycles. The lowest BCUT2D eigenvalue weighted by molar-refractivity contribution is -0.135. The summed E-state index contributed by atoms with van der Waals surface area (Å²) in [6.07, 6.45) is 0. The third-order valence-electron chi connectivity index (χ3n) is 4.63. The third kappa shape index (κ3) is 4.80. The Balaban J connectivity index is 1.54. The number of hydrogen-bond donors (Lipinski definition) is 0. The van der Waals surface area contributed by atoms with Gasteiger partial charge >= 0.3 is 5.97 Å². The van der Waals surface area contributed by atoms with Gasteiger partial charge in [0.1, 0.15) is 10.7 Å². The van der Waals surface area contributed by atoms with Crippen molar-refractivity contribution in [1.82, 2.24) is 9.21 Å². The Morgan fingerprint density at radius 2 is 1.72 bits per heavy atom. The number of carbonyl (C=O) groups excluding carboxylic acids is 2. The molecule has 0 aliphatic carbocycles. The first-order chi connectivity index (χ1) is 13.8. The maximum Gasteiger partial charge on any atom is 0.338 e. The molecule has 9 heteroatoms. The summed E-state index contributed by atoms with van der Waals surface area (Å²) in [5.41, 5.74) is 1.26. The van der Waals surface area contributed by atoms with E-state index in [2.05, 4.69) is 0 Å². The first-order valence-corrected chi connectivity index (χ1v) is 10.5. The molecule has 0 atom stereocenters. The maximum atomic E-state index is 13.9. The van der Waals surface area contributed by atoms with E-state index in [0.29, 0.717) is 5.56 Å². The fourth-order valence-corrected chi connectivity index (χ4v) is 4.53. The smallest absolute Gasteiger partial charge is 0.338 e. The molecule has 1 aliphatic heterocycles. The summed E-state index contributed by atoms with van der Waals surface area (Å²) in [5, 5.41) is 0. The lowest BCUT2D eigenvalue weighted by Crippen LogP contribution is -2.51. The molecule has 0 unspecified atom stereocenters. The minimum absolute atomic E-state index is 0.0359. The fourth-order valence-electron chi connectivity index (χ4n) is 3.04. The number of piperazine rings is 1. The van der Waals surface area contributed by atoms with Crippen molar-refractivity contribution in [2.24, 2.45) is 0 Å². The van der Waals surface area contributed by atoms with Crippen molar-refractivity contribution in [3.8, 4) is 0 Å². The number of carbonyl (C=O) groups is 2. The van der Waals surface area contributed by atoms with Crippen molar-refractivity contribution < 1.29 is 27.1 Å². The number of hydrogen-bond acceptors (Lipinski definition) is 5. The second kappa shape index (κ2) is 8.71. The predicted octanol–water partition coefficient (Wildman–Crippen LogP) is 1.82. The molecule has 2 aromatic carbocycles. The maximum absolute atomic E-state index is 13.9. The molecule has 2 aromatic rings. The summed E-state index contributed by atoms with van der Waals surface area (Å²) >= 11 is 0. The molecule has 1 saturated heterocycles. The van der Waals surface area contributed by atoms with E-state index in [-0.39, 0.29) is 31.1 Å². The average Bonchev–Trinajstić information content (AvgIpc) is 2.72. The molecule has 0 N–H and O–H groups in total. The van der Waals surface area contributed by atoms with Crippen LogP contribution in [0.1, 0.15) is 15.9 Å². The van der Waals surface area contributed by atoms with Crippen molar-refractivity contribution in [2.75, 3.05) is 32.8 Å². The molecule has 0 saturated carbocycles. The summed E-state index contributed by atoms with van der Waals surface area (Å²) in [7, 11) is -3.97.